The Balaban J connectivity index is 1.64. The number of alkyl halides is 3. The van der Waals surface area contributed by atoms with E-state index in [4.69, 9.17) is 9.47 Å². The fraction of sp³-hybridized carbons (Fsp3) is 0.304. The molecule has 0 atom stereocenters. The highest BCUT2D eigenvalue weighted by atomic mass is 19.4. The van der Waals surface area contributed by atoms with Gasteiger partial charge in [-0.15, -0.1) is 0 Å². The number of halogens is 3. The van der Waals surface area contributed by atoms with Gasteiger partial charge in [0.1, 0.15) is 11.5 Å². The number of anilines is 4. The molecule has 7 nitrogen and oxygen atoms in total. The normalized spacial score (nSPS) is 13.2. The van der Waals surface area contributed by atoms with E-state index in [0.717, 1.165) is 23.4 Å². The minimum Gasteiger partial charge on any atom is -0.496 e. The molecule has 1 aromatic heterocycles. The summed E-state index contributed by atoms with van der Waals surface area (Å²) < 4.78 is 50.5. The van der Waals surface area contributed by atoms with E-state index >= 15 is 0 Å². The van der Waals surface area contributed by atoms with Gasteiger partial charge in [-0.05, 0) is 42.8 Å². The Morgan fingerprint density at radius 2 is 1.88 bits per heavy atom. The van der Waals surface area contributed by atoms with Crippen LogP contribution in [-0.2, 0) is 12.7 Å². The van der Waals surface area contributed by atoms with Gasteiger partial charge in [0.15, 0.2) is 17.5 Å². The molecule has 1 aliphatic rings. The van der Waals surface area contributed by atoms with Crippen LogP contribution in [0.1, 0.15) is 16.7 Å². The SMILES string of the molecule is COc1ccc(C(F)(F)F)cc1CN1CCNc2ncc(Nc3ccc(C)cc3OC)nc21. The zero-order valence-corrected chi connectivity index (χ0v) is 18.5. The van der Waals surface area contributed by atoms with E-state index < -0.39 is 11.7 Å². The topological polar surface area (TPSA) is 71.5 Å². The molecule has 10 heteroatoms. The standard InChI is InChI=1S/C23H24F3N5O2/c1-14-4-6-17(19(10-14)33-3)29-20-12-28-21-22(30-20)31(9-8-27-21)13-15-11-16(23(24,25)26)5-7-18(15)32-2/h4-7,10-12H,8-9,13H2,1-3H3,(H,27,28)(H,29,30). The molecule has 0 saturated heterocycles. The number of methoxy groups -OCH3 is 2. The highest BCUT2D eigenvalue weighted by Crippen LogP contribution is 2.35. The minimum atomic E-state index is -4.44. The van der Waals surface area contributed by atoms with Gasteiger partial charge in [0.25, 0.3) is 0 Å². The maximum absolute atomic E-state index is 13.3. The highest BCUT2D eigenvalue weighted by molar-refractivity contribution is 5.70. The van der Waals surface area contributed by atoms with Gasteiger partial charge in [0.05, 0.1) is 31.7 Å². The van der Waals surface area contributed by atoms with Crippen molar-refractivity contribution in [2.45, 2.75) is 19.6 Å². The maximum Gasteiger partial charge on any atom is 0.416 e. The molecular weight excluding hydrogens is 435 g/mol. The van der Waals surface area contributed by atoms with Crippen LogP contribution in [0.25, 0.3) is 0 Å². The van der Waals surface area contributed by atoms with Crippen molar-refractivity contribution < 1.29 is 22.6 Å². The number of hydrogen-bond acceptors (Lipinski definition) is 7. The zero-order chi connectivity index (χ0) is 23.6. The van der Waals surface area contributed by atoms with Gasteiger partial charge in [-0.1, -0.05) is 6.07 Å². The molecule has 0 radical (unpaired) electrons. The molecule has 0 aliphatic carbocycles. The zero-order valence-electron chi connectivity index (χ0n) is 18.5. The first-order valence-corrected chi connectivity index (χ1v) is 10.3. The number of fused-ring (bicyclic) bond motifs is 1. The maximum atomic E-state index is 13.3. The van der Waals surface area contributed by atoms with Crippen molar-refractivity contribution in [3.8, 4) is 11.5 Å². The van der Waals surface area contributed by atoms with Crippen molar-refractivity contribution in [3.63, 3.8) is 0 Å². The van der Waals surface area contributed by atoms with Crippen LogP contribution in [0.15, 0.2) is 42.6 Å². The number of ether oxygens (including phenoxy) is 2. The number of nitrogens with zero attached hydrogens (tertiary/aromatic N) is 3. The smallest absolute Gasteiger partial charge is 0.416 e. The third kappa shape index (κ3) is 4.89. The second kappa shape index (κ2) is 9.05. The minimum absolute atomic E-state index is 0.188. The van der Waals surface area contributed by atoms with Gasteiger partial charge >= 0.3 is 6.18 Å². The van der Waals surface area contributed by atoms with Crippen LogP contribution in [0, 0.1) is 6.92 Å². The number of aromatic nitrogens is 2. The predicted octanol–water partition coefficient (Wildman–Crippen LogP) is 5.00. The van der Waals surface area contributed by atoms with E-state index in [1.807, 2.05) is 30.0 Å². The van der Waals surface area contributed by atoms with E-state index in [9.17, 15) is 13.2 Å². The third-order valence-electron chi connectivity index (χ3n) is 5.32. The molecule has 0 amide bonds. The van der Waals surface area contributed by atoms with Crippen molar-refractivity contribution >= 4 is 23.1 Å². The third-order valence-corrected chi connectivity index (χ3v) is 5.32. The van der Waals surface area contributed by atoms with Crippen LogP contribution < -0.4 is 25.0 Å². The Morgan fingerprint density at radius 3 is 2.61 bits per heavy atom. The van der Waals surface area contributed by atoms with Crippen molar-refractivity contribution in [1.29, 1.82) is 0 Å². The molecule has 0 spiro atoms. The van der Waals surface area contributed by atoms with Crippen molar-refractivity contribution in [2.24, 2.45) is 0 Å². The van der Waals surface area contributed by atoms with Crippen LogP contribution in [0.5, 0.6) is 11.5 Å². The number of benzene rings is 2. The van der Waals surface area contributed by atoms with E-state index in [1.54, 1.807) is 13.3 Å². The summed E-state index contributed by atoms with van der Waals surface area (Å²) in [6.07, 6.45) is -2.84. The molecule has 2 aromatic carbocycles. The monoisotopic (exact) mass is 459 g/mol. The molecule has 33 heavy (non-hydrogen) atoms. The molecule has 0 saturated carbocycles. The summed E-state index contributed by atoms with van der Waals surface area (Å²) in [7, 11) is 3.03. The molecule has 0 unspecified atom stereocenters. The number of aryl methyl sites for hydroxylation is 1. The Kier molecular flexibility index (Phi) is 6.17. The Bertz CT molecular complexity index is 1150. The highest BCUT2D eigenvalue weighted by Gasteiger charge is 2.31. The molecule has 3 aromatic rings. The fourth-order valence-corrected chi connectivity index (χ4v) is 3.68. The first-order chi connectivity index (χ1) is 15.8. The lowest BCUT2D eigenvalue weighted by molar-refractivity contribution is -0.137. The van der Waals surface area contributed by atoms with Crippen molar-refractivity contribution in [3.05, 3.63) is 59.3 Å². The summed E-state index contributed by atoms with van der Waals surface area (Å²) in [4.78, 5) is 11.0. The van der Waals surface area contributed by atoms with Gasteiger partial charge < -0.3 is 25.0 Å². The van der Waals surface area contributed by atoms with Crippen molar-refractivity contribution in [1.82, 2.24) is 9.97 Å². The van der Waals surface area contributed by atoms with Gasteiger partial charge in [0, 0.05) is 25.2 Å². The van der Waals surface area contributed by atoms with Crippen LogP contribution in [-0.4, -0.2) is 37.3 Å². The number of hydrogen-bond donors (Lipinski definition) is 2. The summed E-state index contributed by atoms with van der Waals surface area (Å²) in [5.41, 5.74) is 1.48. The quantitative estimate of drug-likeness (QED) is 0.538. The molecule has 1 aliphatic heterocycles. The molecule has 0 fully saturated rings. The molecule has 0 bridgehead atoms. The second-order valence-corrected chi connectivity index (χ2v) is 7.63. The summed E-state index contributed by atoms with van der Waals surface area (Å²) in [5.74, 6) is 2.64. The predicted molar refractivity (Wildman–Crippen MR) is 121 cm³/mol. The van der Waals surface area contributed by atoms with Crippen LogP contribution in [0.3, 0.4) is 0 Å². The van der Waals surface area contributed by atoms with Crippen LogP contribution in [0.4, 0.5) is 36.3 Å². The van der Waals surface area contributed by atoms with E-state index in [1.165, 1.54) is 13.2 Å². The van der Waals surface area contributed by atoms with Crippen LogP contribution in [0.2, 0.25) is 0 Å². The second-order valence-electron chi connectivity index (χ2n) is 7.63. The lowest BCUT2D eigenvalue weighted by Crippen LogP contribution is -2.35. The molecule has 2 N–H and O–H groups in total. The lowest BCUT2D eigenvalue weighted by Gasteiger charge is -2.31. The average Bonchev–Trinajstić information content (AvgIpc) is 2.80. The number of nitrogens with one attached hydrogen (secondary N) is 2. The van der Waals surface area contributed by atoms with Gasteiger partial charge in [-0.3, -0.25) is 0 Å². The summed E-state index contributed by atoms with van der Waals surface area (Å²) in [6.45, 7) is 3.28. The Morgan fingerprint density at radius 1 is 1.09 bits per heavy atom. The molecule has 4 rings (SSSR count). The van der Waals surface area contributed by atoms with Crippen LogP contribution >= 0.6 is 0 Å². The molecule has 174 valence electrons. The van der Waals surface area contributed by atoms with Crippen molar-refractivity contribution in [2.75, 3.05) is 42.8 Å². The molecular formula is C23H24F3N5O2. The first kappa shape index (κ1) is 22.5. The first-order valence-electron chi connectivity index (χ1n) is 10.3. The molecule has 2 heterocycles. The average molecular weight is 459 g/mol. The van der Waals surface area contributed by atoms with E-state index in [-0.39, 0.29) is 6.54 Å². The van der Waals surface area contributed by atoms with Gasteiger partial charge in [0.2, 0.25) is 0 Å². The summed E-state index contributed by atoms with van der Waals surface area (Å²) >= 11 is 0. The Labute approximate surface area is 189 Å². The van der Waals surface area contributed by atoms with E-state index in [0.29, 0.717) is 47.6 Å². The summed E-state index contributed by atoms with van der Waals surface area (Å²) in [5, 5.41) is 6.39. The largest absolute Gasteiger partial charge is 0.496 e. The number of rotatable bonds is 6. The van der Waals surface area contributed by atoms with E-state index in [2.05, 4.69) is 20.6 Å². The lowest BCUT2D eigenvalue weighted by atomic mass is 10.1. The van der Waals surface area contributed by atoms with Gasteiger partial charge in [-0.25, -0.2) is 9.97 Å². The van der Waals surface area contributed by atoms with Gasteiger partial charge in [-0.2, -0.15) is 13.2 Å². The fourth-order valence-electron chi connectivity index (χ4n) is 3.68. The Hall–Kier alpha value is -3.69. The summed E-state index contributed by atoms with van der Waals surface area (Å²) in [6, 6.07) is 9.22.